The molecule has 1 aliphatic carbocycles. The van der Waals surface area contributed by atoms with Gasteiger partial charge in [-0.3, -0.25) is 0 Å². The Morgan fingerprint density at radius 1 is 1.17 bits per heavy atom. The molecule has 1 saturated carbocycles. The molecule has 3 N–H and O–H groups in total. The van der Waals surface area contributed by atoms with Gasteiger partial charge in [0.1, 0.15) is 0 Å². The molecule has 0 heterocycles. The van der Waals surface area contributed by atoms with Crippen molar-refractivity contribution >= 4 is 0 Å². The molecular formula is C15H23NO2. The van der Waals surface area contributed by atoms with Crippen molar-refractivity contribution in [2.24, 2.45) is 11.8 Å². The summed E-state index contributed by atoms with van der Waals surface area (Å²) in [7, 11) is 0. The lowest BCUT2D eigenvalue weighted by molar-refractivity contribution is 0.225. The maximum atomic E-state index is 9.73. The van der Waals surface area contributed by atoms with E-state index in [4.69, 9.17) is 0 Å². The molecule has 0 aliphatic heterocycles. The van der Waals surface area contributed by atoms with E-state index in [0.717, 1.165) is 17.4 Å². The fourth-order valence-corrected chi connectivity index (χ4v) is 2.71. The third-order valence-electron chi connectivity index (χ3n) is 4.28. The number of benzene rings is 1. The SMILES string of the molecule is CC1CCC(NCc2cccc(O)c2O)CC1C. The first kappa shape index (κ1) is 13.2. The highest BCUT2D eigenvalue weighted by Crippen LogP contribution is 2.31. The zero-order valence-corrected chi connectivity index (χ0v) is 11.2. The highest BCUT2D eigenvalue weighted by molar-refractivity contribution is 5.44. The molecular weight excluding hydrogens is 226 g/mol. The number of aromatic hydroxyl groups is 2. The lowest BCUT2D eigenvalue weighted by Gasteiger charge is -2.32. The summed E-state index contributed by atoms with van der Waals surface area (Å²) in [6.45, 7) is 5.25. The van der Waals surface area contributed by atoms with Crippen molar-refractivity contribution < 1.29 is 10.2 Å². The predicted molar refractivity (Wildman–Crippen MR) is 72.6 cm³/mol. The third-order valence-corrected chi connectivity index (χ3v) is 4.28. The summed E-state index contributed by atoms with van der Waals surface area (Å²) in [5, 5.41) is 22.7. The minimum absolute atomic E-state index is 0.00206. The van der Waals surface area contributed by atoms with E-state index in [2.05, 4.69) is 19.2 Å². The van der Waals surface area contributed by atoms with Crippen LogP contribution in [0.2, 0.25) is 0 Å². The van der Waals surface area contributed by atoms with Crippen molar-refractivity contribution in [2.45, 2.75) is 45.7 Å². The smallest absolute Gasteiger partial charge is 0.161 e. The van der Waals surface area contributed by atoms with Gasteiger partial charge in [0.05, 0.1) is 0 Å². The van der Waals surface area contributed by atoms with E-state index >= 15 is 0 Å². The van der Waals surface area contributed by atoms with Gasteiger partial charge in [-0.05, 0) is 37.2 Å². The molecule has 1 aromatic rings. The maximum Gasteiger partial charge on any atom is 0.161 e. The molecule has 1 fully saturated rings. The van der Waals surface area contributed by atoms with E-state index in [1.54, 1.807) is 6.07 Å². The van der Waals surface area contributed by atoms with E-state index in [-0.39, 0.29) is 11.5 Å². The zero-order valence-electron chi connectivity index (χ0n) is 11.2. The molecule has 0 bridgehead atoms. The van der Waals surface area contributed by atoms with Crippen LogP contribution in [0.5, 0.6) is 11.5 Å². The Bertz CT molecular complexity index is 405. The number of phenols is 2. The first-order valence-electron chi connectivity index (χ1n) is 6.81. The number of nitrogens with one attached hydrogen (secondary N) is 1. The lowest BCUT2D eigenvalue weighted by atomic mass is 9.79. The Balaban J connectivity index is 1.90. The fourth-order valence-electron chi connectivity index (χ4n) is 2.71. The molecule has 3 heteroatoms. The van der Waals surface area contributed by atoms with Crippen LogP contribution in [0, 0.1) is 11.8 Å². The molecule has 1 aromatic carbocycles. The van der Waals surface area contributed by atoms with E-state index in [1.807, 2.05) is 6.07 Å². The molecule has 2 rings (SSSR count). The molecule has 18 heavy (non-hydrogen) atoms. The quantitative estimate of drug-likeness (QED) is 0.722. The van der Waals surface area contributed by atoms with Gasteiger partial charge >= 0.3 is 0 Å². The van der Waals surface area contributed by atoms with E-state index < -0.39 is 0 Å². The number of para-hydroxylation sites is 1. The van der Waals surface area contributed by atoms with Crippen LogP contribution >= 0.6 is 0 Å². The molecule has 3 unspecified atom stereocenters. The van der Waals surface area contributed by atoms with Gasteiger partial charge < -0.3 is 15.5 Å². The minimum atomic E-state index is -0.0417. The van der Waals surface area contributed by atoms with Gasteiger partial charge in [-0.15, -0.1) is 0 Å². The van der Waals surface area contributed by atoms with Crippen LogP contribution in [-0.4, -0.2) is 16.3 Å². The summed E-state index contributed by atoms with van der Waals surface area (Å²) in [6.07, 6.45) is 3.66. The average molecular weight is 249 g/mol. The molecule has 0 spiro atoms. The van der Waals surface area contributed by atoms with Gasteiger partial charge in [0.25, 0.3) is 0 Å². The second-order valence-electron chi connectivity index (χ2n) is 5.63. The topological polar surface area (TPSA) is 52.5 Å². The molecule has 3 nitrogen and oxygen atoms in total. The van der Waals surface area contributed by atoms with Crippen LogP contribution in [0.25, 0.3) is 0 Å². The summed E-state index contributed by atoms with van der Waals surface area (Å²) in [6, 6.07) is 5.63. The lowest BCUT2D eigenvalue weighted by Crippen LogP contribution is -2.35. The van der Waals surface area contributed by atoms with Gasteiger partial charge in [-0.25, -0.2) is 0 Å². The van der Waals surface area contributed by atoms with Crippen molar-refractivity contribution in [3.63, 3.8) is 0 Å². The van der Waals surface area contributed by atoms with Crippen molar-refractivity contribution in [2.75, 3.05) is 0 Å². The first-order chi connectivity index (χ1) is 8.58. The largest absolute Gasteiger partial charge is 0.504 e. The fraction of sp³-hybridized carbons (Fsp3) is 0.600. The monoisotopic (exact) mass is 249 g/mol. The van der Waals surface area contributed by atoms with E-state index in [9.17, 15) is 10.2 Å². The molecule has 0 saturated heterocycles. The highest BCUT2D eigenvalue weighted by Gasteiger charge is 2.24. The Labute approximate surface area is 109 Å². The molecule has 100 valence electrons. The second kappa shape index (κ2) is 5.61. The van der Waals surface area contributed by atoms with Crippen LogP contribution in [-0.2, 0) is 6.54 Å². The molecule has 0 amide bonds. The van der Waals surface area contributed by atoms with Gasteiger partial charge in [0.2, 0.25) is 0 Å². The average Bonchev–Trinajstić information content (AvgIpc) is 2.35. The van der Waals surface area contributed by atoms with Crippen LogP contribution in [0.4, 0.5) is 0 Å². The van der Waals surface area contributed by atoms with E-state index in [1.165, 1.54) is 25.3 Å². The summed E-state index contributed by atoms with van der Waals surface area (Å²) in [4.78, 5) is 0. The standard InChI is InChI=1S/C15H23NO2/c1-10-6-7-13(8-11(10)2)16-9-12-4-3-5-14(17)15(12)18/h3-5,10-11,13,16-18H,6-9H2,1-2H3. The van der Waals surface area contributed by atoms with Crippen LogP contribution in [0.1, 0.15) is 38.7 Å². The molecule has 0 radical (unpaired) electrons. The predicted octanol–water partition coefficient (Wildman–Crippen LogP) is 3.01. The highest BCUT2D eigenvalue weighted by atomic mass is 16.3. The number of hydrogen-bond acceptors (Lipinski definition) is 3. The maximum absolute atomic E-state index is 9.73. The van der Waals surface area contributed by atoms with Gasteiger partial charge in [0.15, 0.2) is 11.5 Å². The van der Waals surface area contributed by atoms with Crippen molar-refractivity contribution in [3.05, 3.63) is 23.8 Å². The Hall–Kier alpha value is -1.22. The van der Waals surface area contributed by atoms with Gasteiger partial charge in [-0.1, -0.05) is 26.0 Å². The van der Waals surface area contributed by atoms with Crippen molar-refractivity contribution in [1.82, 2.24) is 5.32 Å². The summed E-state index contributed by atoms with van der Waals surface area (Å²) in [5.41, 5.74) is 0.765. The number of rotatable bonds is 3. The minimum Gasteiger partial charge on any atom is -0.504 e. The first-order valence-corrected chi connectivity index (χ1v) is 6.81. The van der Waals surface area contributed by atoms with E-state index in [0.29, 0.717) is 12.6 Å². The van der Waals surface area contributed by atoms with Crippen molar-refractivity contribution in [1.29, 1.82) is 0 Å². The van der Waals surface area contributed by atoms with Crippen LogP contribution in [0.3, 0.4) is 0 Å². The Morgan fingerprint density at radius 2 is 1.94 bits per heavy atom. The molecule has 0 aromatic heterocycles. The van der Waals surface area contributed by atoms with Crippen molar-refractivity contribution in [3.8, 4) is 11.5 Å². The Kier molecular flexibility index (Phi) is 4.12. The second-order valence-corrected chi connectivity index (χ2v) is 5.63. The zero-order chi connectivity index (χ0) is 13.1. The summed E-state index contributed by atoms with van der Waals surface area (Å²) < 4.78 is 0. The molecule has 3 atom stereocenters. The third kappa shape index (κ3) is 2.96. The summed E-state index contributed by atoms with van der Waals surface area (Å²) in [5.74, 6) is 1.54. The van der Waals surface area contributed by atoms with Gasteiger partial charge in [-0.2, -0.15) is 0 Å². The normalized spacial score (nSPS) is 28.2. The molecule has 1 aliphatic rings. The van der Waals surface area contributed by atoms with Crippen LogP contribution in [0.15, 0.2) is 18.2 Å². The van der Waals surface area contributed by atoms with Crippen LogP contribution < -0.4 is 5.32 Å². The number of phenolic OH excluding ortho intramolecular Hbond substituents is 2. The summed E-state index contributed by atoms with van der Waals surface area (Å²) >= 11 is 0. The Morgan fingerprint density at radius 3 is 2.67 bits per heavy atom. The van der Waals surface area contributed by atoms with Gasteiger partial charge in [0, 0.05) is 18.2 Å². The number of hydrogen-bond donors (Lipinski definition) is 3.